The molecule has 1 aromatic carbocycles. The van der Waals surface area contributed by atoms with Crippen LogP contribution in [-0.4, -0.2) is 9.97 Å². The summed E-state index contributed by atoms with van der Waals surface area (Å²) in [5.41, 5.74) is 9.69. The highest BCUT2D eigenvalue weighted by atomic mass is 16.3. The van der Waals surface area contributed by atoms with Crippen LogP contribution in [0.5, 0.6) is 0 Å². The van der Waals surface area contributed by atoms with Gasteiger partial charge in [0.2, 0.25) is 5.89 Å². The lowest BCUT2D eigenvalue weighted by Gasteiger charge is -1.94. The van der Waals surface area contributed by atoms with Crippen molar-refractivity contribution < 1.29 is 4.42 Å². The molecule has 84 valence electrons. The van der Waals surface area contributed by atoms with Gasteiger partial charge in [-0.25, -0.2) is 4.98 Å². The van der Waals surface area contributed by atoms with Gasteiger partial charge in [0.25, 0.3) is 0 Å². The SMILES string of the molecule is Cc1ccc(-c2nc3ccc(N)cc3o2)cn1. The van der Waals surface area contributed by atoms with E-state index in [9.17, 15) is 0 Å². The van der Waals surface area contributed by atoms with Crippen LogP contribution in [0, 0.1) is 6.92 Å². The van der Waals surface area contributed by atoms with Crippen molar-refractivity contribution in [1.29, 1.82) is 0 Å². The van der Waals surface area contributed by atoms with Crippen LogP contribution in [-0.2, 0) is 0 Å². The molecule has 2 N–H and O–H groups in total. The minimum atomic E-state index is 0.568. The van der Waals surface area contributed by atoms with E-state index in [-0.39, 0.29) is 0 Å². The fraction of sp³-hybridized carbons (Fsp3) is 0.0769. The zero-order chi connectivity index (χ0) is 11.8. The molecule has 4 nitrogen and oxygen atoms in total. The number of hydrogen-bond acceptors (Lipinski definition) is 4. The highest BCUT2D eigenvalue weighted by molar-refractivity contribution is 5.79. The Morgan fingerprint density at radius 1 is 1.18 bits per heavy atom. The lowest BCUT2D eigenvalue weighted by molar-refractivity contribution is 0.619. The molecule has 4 heteroatoms. The molecule has 0 radical (unpaired) electrons. The molecule has 0 aliphatic rings. The summed E-state index contributed by atoms with van der Waals surface area (Å²) in [6.07, 6.45) is 1.75. The number of rotatable bonds is 1. The Labute approximate surface area is 98.1 Å². The van der Waals surface area contributed by atoms with E-state index in [1.54, 1.807) is 12.3 Å². The van der Waals surface area contributed by atoms with Gasteiger partial charge in [-0.05, 0) is 31.2 Å². The van der Waals surface area contributed by atoms with Crippen LogP contribution in [0.3, 0.4) is 0 Å². The number of anilines is 1. The van der Waals surface area contributed by atoms with Gasteiger partial charge in [-0.1, -0.05) is 0 Å². The highest BCUT2D eigenvalue weighted by Gasteiger charge is 2.08. The Balaban J connectivity index is 2.14. The van der Waals surface area contributed by atoms with Crippen LogP contribution in [0.2, 0.25) is 0 Å². The van der Waals surface area contributed by atoms with Crippen LogP contribution in [0.25, 0.3) is 22.6 Å². The third-order valence-electron chi connectivity index (χ3n) is 2.57. The van der Waals surface area contributed by atoms with Crippen molar-refractivity contribution >= 4 is 16.8 Å². The molecule has 0 bridgehead atoms. The van der Waals surface area contributed by atoms with Crippen molar-refractivity contribution in [2.75, 3.05) is 5.73 Å². The minimum Gasteiger partial charge on any atom is -0.436 e. The van der Waals surface area contributed by atoms with E-state index >= 15 is 0 Å². The van der Waals surface area contributed by atoms with Gasteiger partial charge in [0.15, 0.2) is 5.58 Å². The summed E-state index contributed by atoms with van der Waals surface area (Å²) < 4.78 is 5.64. The first-order chi connectivity index (χ1) is 8.22. The average Bonchev–Trinajstić information content (AvgIpc) is 2.72. The molecule has 2 aromatic heterocycles. The van der Waals surface area contributed by atoms with E-state index in [0.29, 0.717) is 17.2 Å². The van der Waals surface area contributed by atoms with Gasteiger partial charge < -0.3 is 10.2 Å². The van der Waals surface area contributed by atoms with Gasteiger partial charge in [0, 0.05) is 23.6 Å². The second-order valence-corrected chi connectivity index (χ2v) is 3.93. The fourth-order valence-electron chi connectivity index (χ4n) is 1.66. The second-order valence-electron chi connectivity index (χ2n) is 3.93. The van der Waals surface area contributed by atoms with E-state index in [1.165, 1.54) is 0 Å². The number of pyridine rings is 1. The van der Waals surface area contributed by atoms with E-state index in [2.05, 4.69) is 9.97 Å². The van der Waals surface area contributed by atoms with E-state index < -0.39 is 0 Å². The molecule has 0 saturated heterocycles. The summed E-state index contributed by atoms with van der Waals surface area (Å²) in [6, 6.07) is 9.30. The topological polar surface area (TPSA) is 64.9 Å². The van der Waals surface area contributed by atoms with Crippen molar-refractivity contribution in [3.63, 3.8) is 0 Å². The first-order valence-electron chi connectivity index (χ1n) is 5.31. The number of hydrogen-bond donors (Lipinski definition) is 1. The predicted molar refractivity (Wildman–Crippen MR) is 66.4 cm³/mol. The Hall–Kier alpha value is -2.36. The third-order valence-corrected chi connectivity index (χ3v) is 2.57. The average molecular weight is 225 g/mol. The summed E-state index contributed by atoms with van der Waals surface area (Å²) in [4.78, 5) is 8.61. The molecule has 3 aromatic rings. The van der Waals surface area contributed by atoms with Crippen molar-refractivity contribution in [2.24, 2.45) is 0 Å². The Kier molecular flexibility index (Phi) is 2.08. The predicted octanol–water partition coefficient (Wildman–Crippen LogP) is 2.78. The highest BCUT2D eigenvalue weighted by Crippen LogP contribution is 2.24. The van der Waals surface area contributed by atoms with Gasteiger partial charge in [-0.3, -0.25) is 4.98 Å². The number of aromatic nitrogens is 2. The van der Waals surface area contributed by atoms with E-state index in [0.717, 1.165) is 16.8 Å². The fourth-order valence-corrected chi connectivity index (χ4v) is 1.66. The first kappa shape index (κ1) is 9.84. The lowest BCUT2D eigenvalue weighted by atomic mass is 10.2. The van der Waals surface area contributed by atoms with Crippen molar-refractivity contribution in [3.8, 4) is 11.5 Å². The van der Waals surface area contributed by atoms with Crippen LogP contribution >= 0.6 is 0 Å². The van der Waals surface area contributed by atoms with Gasteiger partial charge in [-0.15, -0.1) is 0 Å². The summed E-state index contributed by atoms with van der Waals surface area (Å²) >= 11 is 0. The van der Waals surface area contributed by atoms with Gasteiger partial charge in [-0.2, -0.15) is 0 Å². The maximum Gasteiger partial charge on any atom is 0.228 e. The molecule has 0 saturated carbocycles. The number of oxazole rings is 1. The maximum absolute atomic E-state index is 5.69. The molecule has 0 amide bonds. The molecule has 0 aliphatic heterocycles. The number of nitrogen functional groups attached to an aromatic ring is 1. The minimum absolute atomic E-state index is 0.568. The van der Waals surface area contributed by atoms with E-state index in [4.69, 9.17) is 10.2 Å². The number of nitrogens with zero attached hydrogens (tertiary/aromatic N) is 2. The largest absolute Gasteiger partial charge is 0.436 e. The molecule has 0 fully saturated rings. The van der Waals surface area contributed by atoms with Crippen LogP contribution in [0.1, 0.15) is 5.69 Å². The molecule has 0 atom stereocenters. The normalized spacial score (nSPS) is 10.9. The van der Waals surface area contributed by atoms with Crippen LogP contribution < -0.4 is 5.73 Å². The van der Waals surface area contributed by atoms with Crippen molar-refractivity contribution in [1.82, 2.24) is 9.97 Å². The summed E-state index contributed by atoms with van der Waals surface area (Å²) in [5, 5.41) is 0. The van der Waals surface area contributed by atoms with E-state index in [1.807, 2.05) is 31.2 Å². The van der Waals surface area contributed by atoms with Crippen molar-refractivity contribution in [3.05, 3.63) is 42.2 Å². The number of nitrogens with two attached hydrogens (primary N) is 1. The Bertz CT molecular complexity index is 671. The molecule has 2 heterocycles. The first-order valence-corrected chi connectivity index (χ1v) is 5.31. The zero-order valence-electron chi connectivity index (χ0n) is 9.34. The van der Waals surface area contributed by atoms with Crippen molar-refractivity contribution in [2.45, 2.75) is 6.92 Å². The summed E-state index contributed by atoms with van der Waals surface area (Å²) in [6.45, 7) is 1.94. The molecule has 3 rings (SSSR count). The Morgan fingerprint density at radius 3 is 2.82 bits per heavy atom. The monoisotopic (exact) mass is 225 g/mol. The number of aryl methyl sites for hydroxylation is 1. The number of fused-ring (bicyclic) bond motifs is 1. The standard InChI is InChI=1S/C13H11N3O/c1-8-2-3-9(7-15-8)13-16-11-5-4-10(14)6-12(11)17-13/h2-7H,14H2,1H3. The lowest BCUT2D eigenvalue weighted by Crippen LogP contribution is -1.82. The quantitative estimate of drug-likeness (QED) is 0.647. The zero-order valence-corrected chi connectivity index (χ0v) is 9.34. The summed E-state index contributed by atoms with van der Waals surface area (Å²) in [7, 11) is 0. The molecule has 17 heavy (non-hydrogen) atoms. The Morgan fingerprint density at radius 2 is 2.06 bits per heavy atom. The molecule has 0 aliphatic carbocycles. The van der Waals surface area contributed by atoms with Gasteiger partial charge >= 0.3 is 0 Å². The van der Waals surface area contributed by atoms with Gasteiger partial charge in [0.1, 0.15) is 5.52 Å². The second kappa shape index (κ2) is 3.59. The smallest absolute Gasteiger partial charge is 0.228 e. The molecule has 0 spiro atoms. The molecular formula is C13H11N3O. The number of benzene rings is 1. The molecular weight excluding hydrogens is 214 g/mol. The summed E-state index contributed by atoms with van der Waals surface area (Å²) in [5.74, 6) is 0.568. The molecule has 0 unspecified atom stereocenters. The van der Waals surface area contributed by atoms with Gasteiger partial charge in [0.05, 0.1) is 5.56 Å². The third kappa shape index (κ3) is 1.73. The van der Waals surface area contributed by atoms with Crippen LogP contribution in [0.15, 0.2) is 40.9 Å². The maximum atomic E-state index is 5.69. The van der Waals surface area contributed by atoms with Crippen LogP contribution in [0.4, 0.5) is 5.69 Å².